The number of nitrogens with two attached hydrogens (primary N) is 1. The normalized spacial score (nSPS) is 17.6. The number of benzene rings is 1. The summed E-state index contributed by atoms with van der Waals surface area (Å²) >= 11 is 0. The fourth-order valence-corrected chi connectivity index (χ4v) is 6.05. The first-order chi connectivity index (χ1) is 19.5. The first kappa shape index (κ1) is 34.8. The molecule has 11 nitrogen and oxygen atoms in total. The summed E-state index contributed by atoms with van der Waals surface area (Å²) in [5.74, 6) is -3.28. The summed E-state index contributed by atoms with van der Waals surface area (Å²) in [4.78, 5) is 53.7. The first-order valence-corrected chi connectivity index (χ1v) is 14.4. The predicted octanol–water partition coefficient (Wildman–Crippen LogP) is 2.59. The van der Waals surface area contributed by atoms with E-state index in [4.69, 9.17) is 10.5 Å². The highest BCUT2D eigenvalue weighted by atomic mass is 16.5. The molecule has 1 aliphatic carbocycles. The number of aryl methyl sites for hydroxylation is 1. The zero-order chi connectivity index (χ0) is 30.3. The molecule has 0 aromatic heterocycles. The molecule has 236 valence electrons. The number of ketones is 2. The molecule has 1 aromatic rings. The number of phenols is 1. The molecule has 3 atom stereocenters. The Morgan fingerprint density at radius 3 is 2.50 bits per heavy atom. The molecular weight excluding hydrogens is 544 g/mol. The number of allylic oxidation sites excluding steroid dienone is 1. The maximum atomic E-state index is 13.5. The van der Waals surface area contributed by atoms with E-state index in [0.717, 1.165) is 16.8 Å². The maximum Gasteiger partial charge on any atom is 0.356 e. The van der Waals surface area contributed by atoms with Gasteiger partial charge in [-0.1, -0.05) is 19.9 Å². The number of aliphatic hydroxyl groups is 2. The largest absolute Gasteiger partial charge is 0.507 e. The molecule has 0 bridgehead atoms. The van der Waals surface area contributed by atoms with Gasteiger partial charge in [-0.25, -0.2) is 4.79 Å². The van der Waals surface area contributed by atoms with E-state index < -0.39 is 42.5 Å². The van der Waals surface area contributed by atoms with Crippen LogP contribution in [0, 0.1) is 17.8 Å². The minimum absolute atomic E-state index is 0. The third-order valence-electron chi connectivity index (χ3n) is 8.03. The third-order valence-corrected chi connectivity index (χ3v) is 8.03. The zero-order valence-corrected chi connectivity index (χ0v) is 24.6. The van der Waals surface area contributed by atoms with E-state index in [-0.39, 0.29) is 57.8 Å². The van der Waals surface area contributed by atoms with Crippen LogP contribution in [0.5, 0.6) is 5.75 Å². The number of carbonyl (C=O) groups excluding carboxylic acids is 4. The van der Waals surface area contributed by atoms with E-state index in [9.17, 15) is 34.5 Å². The molecule has 11 heteroatoms. The molecule has 3 rings (SSSR count). The fourth-order valence-electron chi connectivity index (χ4n) is 6.05. The van der Waals surface area contributed by atoms with Crippen molar-refractivity contribution < 1.29 is 47.6 Å². The van der Waals surface area contributed by atoms with Gasteiger partial charge < -0.3 is 31.3 Å². The number of nitrogens with zero attached hydrogens (tertiary/aromatic N) is 1. The Hall–Kier alpha value is -3.41. The SMILES string of the molecule is CCOC(=O)C1=CCC(CCc2cc(C(C)C)c3c(c2O)C(=O)CC(CC(CCO)C(CO)C(=O)CC(N)=O)C3)=N1.O.[HH].[HH]. The highest BCUT2D eigenvalue weighted by molar-refractivity contribution is 6.02. The summed E-state index contributed by atoms with van der Waals surface area (Å²) in [5.41, 5.74) is 9.03. The van der Waals surface area contributed by atoms with Gasteiger partial charge in [0.1, 0.15) is 17.2 Å². The predicted molar refractivity (Wildman–Crippen MR) is 160 cm³/mol. The van der Waals surface area contributed by atoms with Gasteiger partial charge in [0.25, 0.3) is 0 Å². The van der Waals surface area contributed by atoms with Crippen LogP contribution in [-0.2, 0) is 32.0 Å². The molecule has 0 fully saturated rings. The molecule has 1 heterocycles. The van der Waals surface area contributed by atoms with Crippen molar-refractivity contribution in [2.75, 3.05) is 19.8 Å². The second kappa shape index (κ2) is 15.7. The van der Waals surface area contributed by atoms with Gasteiger partial charge in [-0.05, 0) is 79.5 Å². The number of Topliss-reactive ketones (excluding diaryl/α,β-unsaturated/α-hetero) is 2. The van der Waals surface area contributed by atoms with Crippen LogP contribution >= 0.6 is 0 Å². The Morgan fingerprint density at radius 1 is 1.19 bits per heavy atom. The number of phenolic OH excluding ortho intramolecular Hbond substituents is 1. The van der Waals surface area contributed by atoms with Crippen LogP contribution in [-0.4, -0.2) is 69.8 Å². The van der Waals surface area contributed by atoms with Crippen molar-refractivity contribution >= 4 is 29.2 Å². The summed E-state index contributed by atoms with van der Waals surface area (Å²) in [6.07, 6.45) is 4.06. The van der Waals surface area contributed by atoms with Crippen LogP contribution in [0.15, 0.2) is 22.8 Å². The molecule has 7 N–H and O–H groups in total. The first-order valence-electron chi connectivity index (χ1n) is 14.4. The molecule has 1 aliphatic heterocycles. The molecule has 3 unspecified atom stereocenters. The number of esters is 1. The van der Waals surface area contributed by atoms with Gasteiger partial charge in [-0.15, -0.1) is 0 Å². The lowest BCUT2D eigenvalue weighted by molar-refractivity contribution is -0.138. The lowest BCUT2D eigenvalue weighted by Gasteiger charge is -2.32. The molecule has 1 amide bonds. The number of ether oxygens (including phenoxy) is 1. The molecule has 0 saturated carbocycles. The molecule has 0 radical (unpaired) electrons. The minimum Gasteiger partial charge on any atom is -0.507 e. The van der Waals surface area contributed by atoms with E-state index in [1.165, 1.54) is 0 Å². The topological polar surface area (TPSA) is 208 Å². The van der Waals surface area contributed by atoms with E-state index in [0.29, 0.717) is 48.9 Å². The van der Waals surface area contributed by atoms with Gasteiger partial charge in [0.15, 0.2) is 5.78 Å². The molecule has 0 saturated heterocycles. The Labute approximate surface area is 249 Å². The van der Waals surface area contributed by atoms with Crippen molar-refractivity contribution in [1.82, 2.24) is 0 Å². The Kier molecular flexibility index (Phi) is 13.0. The second-order valence-corrected chi connectivity index (χ2v) is 11.3. The summed E-state index contributed by atoms with van der Waals surface area (Å²) < 4.78 is 5.01. The van der Waals surface area contributed by atoms with E-state index in [1.807, 2.05) is 19.9 Å². The fraction of sp³-hybridized carbons (Fsp3) is 0.581. The van der Waals surface area contributed by atoms with Crippen LogP contribution < -0.4 is 5.73 Å². The molecule has 0 spiro atoms. The molecule has 42 heavy (non-hydrogen) atoms. The number of hydrogen-bond acceptors (Lipinski definition) is 9. The summed E-state index contributed by atoms with van der Waals surface area (Å²) in [6, 6.07) is 1.95. The summed E-state index contributed by atoms with van der Waals surface area (Å²) in [6.45, 7) is 5.39. The second-order valence-electron chi connectivity index (χ2n) is 11.3. The number of rotatable bonds is 15. The van der Waals surface area contributed by atoms with Gasteiger partial charge in [0.2, 0.25) is 5.91 Å². The number of amides is 1. The number of aliphatic hydroxyl groups excluding tert-OH is 2. The summed E-state index contributed by atoms with van der Waals surface area (Å²) in [7, 11) is 0. The number of carbonyl (C=O) groups is 4. The molecule has 1 aromatic carbocycles. The summed E-state index contributed by atoms with van der Waals surface area (Å²) in [5, 5.41) is 30.8. The van der Waals surface area contributed by atoms with Crippen molar-refractivity contribution in [2.24, 2.45) is 28.5 Å². The van der Waals surface area contributed by atoms with Crippen LogP contribution in [0.25, 0.3) is 0 Å². The lowest BCUT2D eigenvalue weighted by Crippen LogP contribution is -2.34. The number of hydrogen-bond donors (Lipinski definition) is 4. The average molecular weight is 593 g/mol. The smallest absolute Gasteiger partial charge is 0.356 e. The van der Waals surface area contributed by atoms with Gasteiger partial charge in [-0.2, -0.15) is 0 Å². The van der Waals surface area contributed by atoms with Gasteiger partial charge >= 0.3 is 5.97 Å². The van der Waals surface area contributed by atoms with Gasteiger partial charge in [0.05, 0.1) is 25.2 Å². The third kappa shape index (κ3) is 8.33. The number of aliphatic imine (C=N–C) groups is 1. The van der Waals surface area contributed by atoms with Crippen molar-refractivity contribution in [3.05, 3.63) is 40.1 Å². The van der Waals surface area contributed by atoms with E-state index >= 15 is 0 Å². The number of aromatic hydroxyl groups is 1. The maximum absolute atomic E-state index is 13.5. The van der Waals surface area contributed by atoms with Crippen molar-refractivity contribution in [3.63, 3.8) is 0 Å². The van der Waals surface area contributed by atoms with Crippen LogP contribution in [0.2, 0.25) is 0 Å². The number of fused-ring (bicyclic) bond motifs is 1. The van der Waals surface area contributed by atoms with E-state index in [1.54, 1.807) is 13.0 Å². The Morgan fingerprint density at radius 2 is 1.90 bits per heavy atom. The van der Waals surface area contributed by atoms with E-state index in [2.05, 4.69) is 4.99 Å². The minimum atomic E-state index is -0.858. The Bertz CT molecular complexity index is 1250. The van der Waals surface area contributed by atoms with Crippen LogP contribution in [0.3, 0.4) is 0 Å². The highest BCUT2D eigenvalue weighted by Gasteiger charge is 2.36. The Balaban J connectivity index is 0.00000616. The van der Waals surface area contributed by atoms with Gasteiger partial charge in [0, 0.05) is 33.9 Å². The van der Waals surface area contributed by atoms with Crippen LogP contribution in [0.1, 0.15) is 95.1 Å². The quantitative estimate of drug-likeness (QED) is 0.175. The van der Waals surface area contributed by atoms with Gasteiger partial charge in [-0.3, -0.25) is 19.4 Å². The van der Waals surface area contributed by atoms with Crippen molar-refractivity contribution in [1.29, 1.82) is 0 Å². The van der Waals surface area contributed by atoms with Crippen LogP contribution in [0.4, 0.5) is 0 Å². The average Bonchev–Trinajstić information content (AvgIpc) is 3.37. The molecular formula is C31H48N2O9. The highest BCUT2D eigenvalue weighted by Crippen LogP contribution is 2.42. The standard InChI is InChI=1S/C31H42N2O8.H2O.2H2/c1-4-41-31(40)25-8-7-21(33-25)6-5-20-14-22(17(2)3)23-12-18(13-27(37)29(23)30(20)39)11-19(9-10-34)24(16-35)26(36)15-28(32)38;;;/h8,14,17-19,24,34-35,39H,4-7,9-13,15-16H2,1-3H3,(H2,32,38);1H2;2*1H. The van der Waals surface area contributed by atoms with Crippen molar-refractivity contribution in [3.8, 4) is 5.75 Å². The monoisotopic (exact) mass is 592 g/mol. The number of primary amides is 1. The lowest BCUT2D eigenvalue weighted by atomic mass is 9.71. The van der Waals surface area contributed by atoms with Crippen molar-refractivity contribution in [2.45, 2.75) is 78.1 Å². The molecule has 2 aliphatic rings. The zero-order valence-electron chi connectivity index (χ0n) is 24.6.